The number of methoxy groups -OCH3 is 2. The summed E-state index contributed by atoms with van der Waals surface area (Å²) < 4.78 is 10.5. The molecule has 1 N–H and O–H groups in total. The lowest BCUT2D eigenvalue weighted by Crippen LogP contribution is -2.09. The molecule has 102 valence electrons. The first-order valence-corrected chi connectivity index (χ1v) is 6.42. The number of anilines is 1. The minimum atomic E-state index is 0.402. The summed E-state index contributed by atoms with van der Waals surface area (Å²) in [6, 6.07) is 5.90. The van der Waals surface area contributed by atoms with Crippen LogP contribution < -0.4 is 14.8 Å². The molecular weight excluding hydrogens is 226 g/mol. The van der Waals surface area contributed by atoms with Crippen molar-refractivity contribution in [3.8, 4) is 11.5 Å². The SMILES string of the molecule is COc1ccc(NCCCC(C)(C)C)cc1OC. The molecule has 0 saturated heterocycles. The summed E-state index contributed by atoms with van der Waals surface area (Å²) in [6.07, 6.45) is 2.38. The third kappa shape index (κ3) is 4.86. The Morgan fingerprint density at radius 2 is 1.72 bits per heavy atom. The number of hydrogen-bond acceptors (Lipinski definition) is 3. The molecule has 0 amide bonds. The Hall–Kier alpha value is -1.38. The number of nitrogens with one attached hydrogen (secondary N) is 1. The fourth-order valence-corrected chi connectivity index (χ4v) is 1.80. The average molecular weight is 251 g/mol. The summed E-state index contributed by atoms with van der Waals surface area (Å²) in [7, 11) is 3.30. The maximum absolute atomic E-state index is 5.27. The molecule has 0 radical (unpaired) electrons. The zero-order valence-corrected chi connectivity index (χ0v) is 12.2. The minimum Gasteiger partial charge on any atom is -0.493 e. The highest BCUT2D eigenvalue weighted by atomic mass is 16.5. The van der Waals surface area contributed by atoms with E-state index in [1.165, 1.54) is 6.42 Å². The Balaban J connectivity index is 2.48. The van der Waals surface area contributed by atoms with Gasteiger partial charge in [0.05, 0.1) is 14.2 Å². The molecule has 0 bridgehead atoms. The molecule has 1 rings (SSSR count). The second kappa shape index (κ2) is 6.53. The van der Waals surface area contributed by atoms with E-state index in [1.54, 1.807) is 14.2 Å². The van der Waals surface area contributed by atoms with Gasteiger partial charge in [0.15, 0.2) is 11.5 Å². The van der Waals surface area contributed by atoms with Crippen LogP contribution in [0.25, 0.3) is 0 Å². The maximum atomic E-state index is 5.27. The Bertz CT molecular complexity index is 369. The maximum Gasteiger partial charge on any atom is 0.162 e. The fraction of sp³-hybridized carbons (Fsp3) is 0.600. The Kier molecular flexibility index (Phi) is 5.32. The second-order valence-corrected chi connectivity index (χ2v) is 5.66. The van der Waals surface area contributed by atoms with Crippen molar-refractivity contribution in [1.82, 2.24) is 0 Å². The van der Waals surface area contributed by atoms with Gasteiger partial charge in [0.2, 0.25) is 0 Å². The Labute approximate surface area is 110 Å². The van der Waals surface area contributed by atoms with E-state index < -0.39 is 0 Å². The van der Waals surface area contributed by atoms with Crippen LogP contribution in [-0.4, -0.2) is 20.8 Å². The smallest absolute Gasteiger partial charge is 0.162 e. The standard InChI is InChI=1S/C15H25NO2/c1-15(2,3)9-6-10-16-12-7-8-13(17-4)14(11-12)18-5/h7-8,11,16H,6,9-10H2,1-5H3. The van der Waals surface area contributed by atoms with E-state index >= 15 is 0 Å². The lowest BCUT2D eigenvalue weighted by atomic mass is 9.91. The first kappa shape index (κ1) is 14.7. The van der Waals surface area contributed by atoms with E-state index in [0.717, 1.165) is 30.2 Å². The summed E-state index contributed by atoms with van der Waals surface area (Å²) in [5.74, 6) is 1.52. The van der Waals surface area contributed by atoms with Gasteiger partial charge in [0.1, 0.15) is 0 Å². The molecule has 0 fully saturated rings. The van der Waals surface area contributed by atoms with Crippen molar-refractivity contribution in [2.24, 2.45) is 5.41 Å². The molecule has 0 spiro atoms. The van der Waals surface area contributed by atoms with Crippen molar-refractivity contribution in [1.29, 1.82) is 0 Å². The molecule has 0 unspecified atom stereocenters. The minimum absolute atomic E-state index is 0.402. The monoisotopic (exact) mass is 251 g/mol. The van der Waals surface area contributed by atoms with E-state index in [-0.39, 0.29) is 0 Å². The zero-order chi connectivity index (χ0) is 13.6. The topological polar surface area (TPSA) is 30.5 Å². The number of ether oxygens (including phenoxy) is 2. The van der Waals surface area contributed by atoms with Crippen molar-refractivity contribution in [3.63, 3.8) is 0 Å². The van der Waals surface area contributed by atoms with Crippen molar-refractivity contribution >= 4 is 5.69 Å². The van der Waals surface area contributed by atoms with Crippen LogP contribution in [0.3, 0.4) is 0 Å². The molecule has 0 aromatic heterocycles. The quantitative estimate of drug-likeness (QED) is 0.777. The molecule has 0 aliphatic carbocycles. The van der Waals surface area contributed by atoms with Crippen LogP contribution in [0.1, 0.15) is 33.6 Å². The highest BCUT2D eigenvalue weighted by Gasteiger charge is 2.09. The molecule has 3 heteroatoms. The highest BCUT2D eigenvalue weighted by molar-refractivity contribution is 5.54. The van der Waals surface area contributed by atoms with Crippen LogP contribution >= 0.6 is 0 Å². The van der Waals surface area contributed by atoms with Crippen LogP contribution in [0.2, 0.25) is 0 Å². The first-order chi connectivity index (χ1) is 8.46. The Morgan fingerprint density at radius 1 is 1.06 bits per heavy atom. The van der Waals surface area contributed by atoms with Crippen molar-refractivity contribution in [3.05, 3.63) is 18.2 Å². The lowest BCUT2D eigenvalue weighted by molar-refractivity contribution is 0.355. The van der Waals surface area contributed by atoms with Gasteiger partial charge in [-0.3, -0.25) is 0 Å². The van der Waals surface area contributed by atoms with E-state index in [2.05, 4.69) is 26.1 Å². The van der Waals surface area contributed by atoms with Gasteiger partial charge < -0.3 is 14.8 Å². The van der Waals surface area contributed by atoms with Gasteiger partial charge in [-0.05, 0) is 30.4 Å². The summed E-state index contributed by atoms with van der Waals surface area (Å²) >= 11 is 0. The fourth-order valence-electron chi connectivity index (χ4n) is 1.80. The lowest BCUT2D eigenvalue weighted by Gasteiger charge is -2.18. The van der Waals surface area contributed by atoms with E-state index in [0.29, 0.717) is 5.41 Å². The van der Waals surface area contributed by atoms with E-state index in [9.17, 15) is 0 Å². The molecule has 1 aromatic rings. The highest BCUT2D eigenvalue weighted by Crippen LogP contribution is 2.29. The summed E-state index contributed by atoms with van der Waals surface area (Å²) in [5, 5.41) is 3.41. The molecule has 1 aromatic carbocycles. The number of rotatable bonds is 6. The third-order valence-electron chi connectivity index (χ3n) is 2.82. The van der Waals surface area contributed by atoms with Crippen LogP contribution in [0, 0.1) is 5.41 Å². The zero-order valence-electron chi connectivity index (χ0n) is 12.2. The molecule has 0 aliphatic rings. The summed E-state index contributed by atoms with van der Waals surface area (Å²) in [5.41, 5.74) is 1.47. The summed E-state index contributed by atoms with van der Waals surface area (Å²) in [6.45, 7) is 7.78. The average Bonchev–Trinajstić information content (AvgIpc) is 2.33. The number of benzene rings is 1. The largest absolute Gasteiger partial charge is 0.493 e. The van der Waals surface area contributed by atoms with Gasteiger partial charge in [-0.2, -0.15) is 0 Å². The van der Waals surface area contributed by atoms with Crippen LogP contribution in [-0.2, 0) is 0 Å². The van der Waals surface area contributed by atoms with Crippen LogP contribution in [0.5, 0.6) is 11.5 Å². The van der Waals surface area contributed by atoms with Crippen molar-refractivity contribution < 1.29 is 9.47 Å². The first-order valence-electron chi connectivity index (χ1n) is 6.42. The molecule has 3 nitrogen and oxygen atoms in total. The van der Waals surface area contributed by atoms with Gasteiger partial charge >= 0.3 is 0 Å². The van der Waals surface area contributed by atoms with E-state index in [4.69, 9.17) is 9.47 Å². The van der Waals surface area contributed by atoms with Crippen LogP contribution in [0.15, 0.2) is 18.2 Å². The summed E-state index contributed by atoms with van der Waals surface area (Å²) in [4.78, 5) is 0. The van der Waals surface area contributed by atoms with Gasteiger partial charge in [-0.1, -0.05) is 20.8 Å². The molecule has 0 heterocycles. The molecule has 0 atom stereocenters. The number of hydrogen-bond donors (Lipinski definition) is 1. The normalized spacial score (nSPS) is 11.2. The van der Waals surface area contributed by atoms with Gasteiger partial charge in [-0.15, -0.1) is 0 Å². The van der Waals surface area contributed by atoms with Crippen molar-refractivity contribution in [2.75, 3.05) is 26.1 Å². The van der Waals surface area contributed by atoms with Crippen LogP contribution in [0.4, 0.5) is 5.69 Å². The molecule has 0 saturated carbocycles. The van der Waals surface area contributed by atoms with Gasteiger partial charge in [0.25, 0.3) is 0 Å². The van der Waals surface area contributed by atoms with Crippen molar-refractivity contribution in [2.45, 2.75) is 33.6 Å². The second-order valence-electron chi connectivity index (χ2n) is 5.66. The third-order valence-corrected chi connectivity index (χ3v) is 2.82. The van der Waals surface area contributed by atoms with E-state index in [1.807, 2.05) is 18.2 Å². The molecular formula is C15H25NO2. The molecule has 0 aliphatic heterocycles. The van der Waals surface area contributed by atoms with Gasteiger partial charge in [-0.25, -0.2) is 0 Å². The van der Waals surface area contributed by atoms with Gasteiger partial charge in [0, 0.05) is 18.3 Å². The molecule has 18 heavy (non-hydrogen) atoms. The predicted molar refractivity (Wildman–Crippen MR) is 76.7 cm³/mol. The Morgan fingerprint density at radius 3 is 2.28 bits per heavy atom. The predicted octanol–water partition coefficient (Wildman–Crippen LogP) is 3.94.